The highest BCUT2D eigenvalue weighted by molar-refractivity contribution is 5.91. The molecule has 216 valence electrons. The Hall–Kier alpha value is -3.06. The van der Waals surface area contributed by atoms with Crippen molar-refractivity contribution in [2.45, 2.75) is 68.3 Å². The molecule has 0 bridgehead atoms. The highest BCUT2D eigenvalue weighted by atomic mass is 16.7. The molecular weight excluding hydrogens is 524 g/mol. The van der Waals surface area contributed by atoms with E-state index in [2.05, 4.69) is 19.7 Å². The van der Waals surface area contributed by atoms with E-state index in [1.807, 2.05) is 0 Å². The van der Waals surface area contributed by atoms with Crippen LogP contribution in [0, 0.1) is 17.8 Å². The smallest absolute Gasteiger partial charge is 0.334 e. The molecule has 2 saturated heterocycles. The molecule has 5 N–H and O–H groups in total. The third-order valence-corrected chi connectivity index (χ3v) is 8.46. The zero-order chi connectivity index (χ0) is 28.9. The number of aliphatic hydroxyl groups excluding tert-OH is 4. The van der Waals surface area contributed by atoms with Gasteiger partial charge in [-0.1, -0.05) is 37.4 Å². The number of aromatic hydroxyl groups is 1. The number of phenols is 1. The molecule has 11 heteroatoms. The van der Waals surface area contributed by atoms with Gasteiger partial charge in [-0.05, 0) is 35.6 Å². The van der Waals surface area contributed by atoms with E-state index in [0.29, 0.717) is 17.6 Å². The summed E-state index contributed by atoms with van der Waals surface area (Å²) in [5.41, 5.74) is 2.14. The molecule has 2 saturated carbocycles. The lowest BCUT2D eigenvalue weighted by atomic mass is 9.81. The van der Waals surface area contributed by atoms with E-state index >= 15 is 0 Å². The van der Waals surface area contributed by atoms with Gasteiger partial charge in [0.1, 0.15) is 42.4 Å². The molecule has 5 rings (SSSR count). The average Bonchev–Trinajstić information content (AvgIpc) is 3.36. The summed E-state index contributed by atoms with van der Waals surface area (Å²) in [4.78, 5) is 25.5. The average molecular weight is 559 g/mol. The van der Waals surface area contributed by atoms with E-state index < -0.39 is 79.4 Å². The van der Waals surface area contributed by atoms with Crippen LogP contribution in [-0.4, -0.2) is 93.1 Å². The maximum Gasteiger partial charge on any atom is 0.334 e. The molecule has 11 nitrogen and oxygen atoms in total. The Bertz CT molecular complexity index is 1190. The molecule has 2 heterocycles. The van der Waals surface area contributed by atoms with Crippen LogP contribution in [0.15, 0.2) is 60.7 Å². The summed E-state index contributed by atoms with van der Waals surface area (Å²) in [6, 6.07) is 6.20. The number of phenolic OH excluding ortho intramolecular Hbond substituents is 1. The van der Waals surface area contributed by atoms with Gasteiger partial charge in [0.2, 0.25) is 0 Å². The summed E-state index contributed by atoms with van der Waals surface area (Å²) >= 11 is 0. The van der Waals surface area contributed by atoms with E-state index in [1.54, 1.807) is 12.1 Å². The Morgan fingerprint density at radius 1 is 1.02 bits per heavy atom. The molecule has 1 aromatic carbocycles. The highest BCUT2D eigenvalue weighted by Gasteiger charge is 2.58. The van der Waals surface area contributed by atoms with Gasteiger partial charge in [0, 0.05) is 17.9 Å². The van der Waals surface area contributed by atoms with Crippen molar-refractivity contribution in [1.29, 1.82) is 0 Å². The van der Waals surface area contributed by atoms with Crippen molar-refractivity contribution in [1.82, 2.24) is 0 Å². The van der Waals surface area contributed by atoms with Gasteiger partial charge in [0.05, 0.1) is 25.0 Å². The fourth-order valence-corrected chi connectivity index (χ4v) is 6.33. The molecule has 11 atom stereocenters. The topological polar surface area (TPSA) is 172 Å². The molecule has 4 fully saturated rings. The number of hydrogen-bond donors (Lipinski definition) is 5. The summed E-state index contributed by atoms with van der Waals surface area (Å²) in [6.45, 7) is 11.8. The second-order valence-corrected chi connectivity index (χ2v) is 10.9. The van der Waals surface area contributed by atoms with Crippen LogP contribution in [0.4, 0.5) is 0 Å². The minimum atomic E-state index is -1.59. The predicted octanol–water partition coefficient (Wildman–Crippen LogP) is 0.282. The van der Waals surface area contributed by atoms with Gasteiger partial charge in [-0.3, -0.25) is 4.79 Å². The van der Waals surface area contributed by atoms with Crippen LogP contribution in [0.5, 0.6) is 5.75 Å². The van der Waals surface area contributed by atoms with Gasteiger partial charge in [-0.25, -0.2) is 4.79 Å². The lowest BCUT2D eigenvalue weighted by molar-refractivity contribution is -0.308. The zero-order valence-electron chi connectivity index (χ0n) is 21.8. The fraction of sp³-hybridized carbons (Fsp3) is 0.517. The lowest BCUT2D eigenvalue weighted by Gasteiger charge is -2.40. The molecule has 0 spiro atoms. The second kappa shape index (κ2) is 11.1. The number of benzene rings is 1. The molecule has 40 heavy (non-hydrogen) atoms. The molecule has 4 aliphatic rings. The van der Waals surface area contributed by atoms with Gasteiger partial charge < -0.3 is 44.5 Å². The molecular formula is C29H34O11. The number of carbonyl (C=O) groups is 2. The summed E-state index contributed by atoms with van der Waals surface area (Å²) in [7, 11) is 0. The van der Waals surface area contributed by atoms with Crippen LogP contribution >= 0.6 is 0 Å². The number of esters is 2. The molecule has 0 aromatic heterocycles. The van der Waals surface area contributed by atoms with Gasteiger partial charge in [-0.2, -0.15) is 0 Å². The number of rotatable bonds is 6. The number of carbonyl (C=O) groups excluding carboxylic acids is 2. The summed E-state index contributed by atoms with van der Waals surface area (Å²) in [5, 5.41) is 49.7. The van der Waals surface area contributed by atoms with Gasteiger partial charge in [-0.15, -0.1) is 0 Å². The summed E-state index contributed by atoms with van der Waals surface area (Å²) in [5.74, 6) is -2.38. The second-order valence-electron chi connectivity index (χ2n) is 10.9. The van der Waals surface area contributed by atoms with Crippen molar-refractivity contribution in [3.8, 4) is 5.75 Å². The Labute approximate surface area is 230 Å². The first-order chi connectivity index (χ1) is 19.0. The molecule has 1 aromatic rings. The van der Waals surface area contributed by atoms with Crippen LogP contribution < -0.4 is 0 Å². The Kier molecular flexibility index (Phi) is 7.88. The zero-order valence-corrected chi connectivity index (χ0v) is 21.8. The summed E-state index contributed by atoms with van der Waals surface area (Å²) in [6.07, 6.45) is -8.77. The predicted molar refractivity (Wildman–Crippen MR) is 137 cm³/mol. The Balaban J connectivity index is 1.34. The van der Waals surface area contributed by atoms with E-state index in [9.17, 15) is 35.1 Å². The van der Waals surface area contributed by atoms with Crippen molar-refractivity contribution < 1.29 is 54.1 Å². The third kappa shape index (κ3) is 5.09. The van der Waals surface area contributed by atoms with Gasteiger partial charge >= 0.3 is 11.9 Å². The number of fused-ring (bicyclic) bond motifs is 3. The Morgan fingerprint density at radius 3 is 2.40 bits per heavy atom. The minimum Gasteiger partial charge on any atom is -0.508 e. The van der Waals surface area contributed by atoms with E-state index in [0.717, 1.165) is 5.57 Å². The van der Waals surface area contributed by atoms with Crippen molar-refractivity contribution >= 4 is 11.9 Å². The molecule has 0 amide bonds. The minimum absolute atomic E-state index is 0.0313. The monoisotopic (exact) mass is 558 g/mol. The van der Waals surface area contributed by atoms with Crippen molar-refractivity contribution in [3.05, 3.63) is 66.3 Å². The highest BCUT2D eigenvalue weighted by Crippen LogP contribution is 2.53. The molecule has 2 aliphatic carbocycles. The summed E-state index contributed by atoms with van der Waals surface area (Å²) < 4.78 is 23.2. The number of ether oxygens (including phenoxy) is 4. The fourth-order valence-electron chi connectivity index (χ4n) is 6.33. The van der Waals surface area contributed by atoms with E-state index in [-0.39, 0.29) is 30.1 Å². The third-order valence-electron chi connectivity index (χ3n) is 8.46. The number of aliphatic hydroxyl groups is 4. The number of hydrogen-bond acceptors (Lipinski definition) is 11. The van der Waals surface area contributed by atoms with Crippen LogP contribution in [0.3, 0.4) is 0 Å². The van der Waals surface area contributed by atoms with E-state index in [4.69, 9.17) is 18.9 Å². The van der Waals surface area contributed by atoms with Crippen LogP contribution in [0.2, 0.25) is 0 Å². The first-order valence-electron chi connectivity index (χ1n) is 13.2. The van der Waals surface area contributed by atoms with Crippen molar-refractivity contribution in [2.75, 3.05) is 6.61 Å². The van der Waals surface area contributed by atoms with Crippen molar-refractivity contribution in [3.63, 3.8) is 0 Å². The van der Waals surface area contributed by atoms with E-state index in [1.165, 1.54) is 12.1 Å². The first kappa shape index (κ1) is 28.5. The van der Waals surface area contributed by atoms with Gasteiger partial charge in [0.25, 0.3) is 0 Å². The lowest BCUT2D eigenvalue weighted by Crippen LogP contribution is -2.59. The SMILES string of the molecule is C=C1CC(OC(=O)Cc2ccc(O)cc2)C2C(=C)C(=O)OC2C2C(=C)C(O[C@@H]3O[C@H](CO)[C@@H](O)[C@H](O)[C@H]3O)CC12. The van der Waals surface area contributed by atoms with Gasteiger partial charge in [0.15, 0.2) is 6.29 Å². The van der Waals surface area contributed by atoms with Crippen LogP contribution in [0.1, 0.15) is 18.4 Å². The first-order valence-corrected chi connectivity index (χ1v) is 13.2. The van der Waals surface area contributed by atoms with Crippen LogP contribution in [0.25, 0.3) is 0 Å². The quantitative estimate of drug-likeness (QED) is 0.184. The van der Waals surface area contributed by atoms with Crippen molar-refractivity contribution in [2.24, 2.45) is 17.8 Å². The molecule has 2 aliphatic heterocycles. The molecule has 6 unspecified atom stereocenters. The Morgan fingerprint density at radius 2 is 1.73 bits per heavy atom. The molecule has 0 radical (unpaired) electrons. The maximum absolute atomic E-state index is 12.9. The maximum atomic E-state index is 12.9. The normalized spacial score (nSPS) is 39.4. The van der Waals surface area contributed by atoms with Crippen LogP contribution in [-0.2, 0) is 35.0 Å². The standard InChI is InChI=1S/C29H34O11/c1-12-8-19(37-21(32)9-15-4-6-16(31)7-5-15)23-14(3)28(36)40-27(23)22-13(2)18(10-17(12)22)38-29-26(35)25(34)24(33)20(11-30)39-29/h4-7,17-20,22-27,29-31,33-35H,1-3,8-11H2/t17?,18?,19?,20-,22?,23?,24-,25+,26-,27?,29-/m1/s1. The largest absolute Gasteiger partial charge is 0.508 e.